The number of rotatable bonds is 2. The third-order valence-electron chi connectivity index (χ3n) is 19.5. The van der Waals surface area contributed by atoms with E-state index >= 15 is 0 Å². The molecule has 4 spiro atoms. The highest BCUT2D eigenvalue weighted by Crippen LogP contribution is 2.75. The summed E-state index contributed by atoms with van der Waals surface area (Å²) in [7, 11) is -2.14. The van der Waals surface area contributed by atoms with Crippen LogP contribution in [0.4, 0.5) is 9.59 Å². The average molecular weight is 835 g/mol. The highest BCUT2D eigenvalue weighted by atomic mass is 28.4. The molecule has 18 atom stereocenters. The van der Waals surface area contributed by atoms with Crippen LogP contribution in [0.2, 0.25) is 18.1 Å². The minimum atomic E-state index is -2.14. The number of ether oxygens (including phenoxy) is 4. The molecule has 2 aliphatic heterocycles. The maximum Gasteiger partial charge on any atom is 0.509 e. The minimum Gasteiger partial charge on any atom is -0.422 e. The van der Waals surface area contributed by atoms with Crippen LogP contribution in [-0.4, -0.2) is 72.9 Å². The van der Waals surface area contributed by atoms with Crippen molar-refractivity contribution in [3.05, 3.63) is 23.3 Å². The molecule has 6 saturated carbocycles. The molecule has 8 fully saturated rings. The van der Waals surface area contributed by atoms with Gasteiger partial charge in [0.25, 0.3) is 0 Å². The van der Waals surface area contributed by atoms with E-state index in [1.54, 1.807) is 0 Å². The Bertz CT molecular complexity index is 1980. The number of Topliss-reactive ketones (excluding diaryl/α,β-unsaturated/α-hetero) is 2. The molecular weight excluding hydrogens is 765 g/mol. The van der Waals surface area contributed by atoms with E-state index in [0.717, 1.165) is 24.0 Å². The number of ketones is 2. The first kappa shape index (κ1) is 41.8. The van der Waals surface area contributed by atoms with Gasteiger partial charge >= 0.3 is 12.3 Å². The molecule has 0 aromatic carbocycles. The van der Waals surface area contributed by atoms with Crippen LogP contribution >= 0.6 is 0 Å². The molecule has 2 heterocycles. The molecule has 326 valence electrons. The molecule has 4 bridgehead atoms. The van der Waals surface area contributed by atoms with E-state index in [2.05, 4.69) is 88.4 Å². The summed E-state index contributed by atoms with van der Waals surface area (Å²) in [5.41, 5.74) is -1.58. The van der Waals surface area contributed by atoms with Crippen LogP contribution in [-0.2, 0) is 33.0 Å². The van der Waals surface area contributed by atoms with Gasteiger partial charge in [-0.2, -0.15) is 0 Å². The molecule has 10 rings (SSSR count). The number of aliphatic hydroxyl groups excluding tert-OH is 1. The van der Waals surface area contributed by atoms with E-state index in [1.807, 2.05) is 26.8 Å². The van der Waals surface area contributed by atoms with Crippen LogP contribution in [0.25, 0.3) is 0 Å². The number of fused-ring (bicyclic) bond motifs is 6. The molecule has 10 nitrogen and oxygen atoms in total. The third-order valence-corrected chi connectivity index (χ3v) is 24.0. The smallest absolute Gasteiger partial charge is 0.422 e. The summed E-state index contributed by atoms with van der Waals surface area (Å²) in [6, 6.07) is 0. The maximum atomic E-state index is 14.9. The third kappa shape index (κ3) is 4.93. The van der Waals surface area contributed by atoms with Gasteiger partial charge in [0.2, 0.25) is 0 Å². The molecule has 11 heteroatoms. The molecule has 0 radical (unpaired) electrons. The Balaban J connectivity index is 0.000000156. The van der Waals surface area contributed by atoms with Gasteiger partial charge in [-0.1, -0.05) is 88.3 Å². The Morgan fingerprint density at radius 1 is 0.695 bits per heavy atom. The van der Waals surface area contributed by atoms with Crippen molar-refractivity contribution in [3.63, 3.8) is 0 Å². The molecular formula is C48H70O10Si. The van der Waals surface area contributed by atoms with Gasteiger partial charge in [0, 0.05) is 11.8 Å². The van der Waals surface area contributed by atoms with E-state index < -0.39 is 66.9 Å². The summed E-state index contributed by atoms with van der Waals surface area (Å²) in [4.78, 5) is 53.7. The van der Waals surface area contributed by atoms with Gasteiger partial charge < -0.3 is 28.5 Å². The first-order valence-electron chi connectivity index (χ1n) is 22.7. The van der Waals surface area contributed by atoms with Gasteiger partial charge in [-0.25, -0.2) is 9.59 Å². The number of carbonyl (C=O) groups excluding carboxylic acids is 4. The zero-order valence-electron chi connectivity index (χ0n) is 38.2. The number of hydrogen-bond donors (Lipinski definition) is 1. The molecule has 0 amide bonds. The standard InChI is InChI=1S/C27H42O5Si.C21H28O5/c1-14-13-27-22(30-23(29)31-27)15(2)12-26(27)16(3)11-17-19(25(17,7)8)18(21(26)28)20(14)32-33(9,10)24(4,5)6;1-9-8-21-17(25-18(24)26-21)10(2)7-20(21)11(3)6-12-14(19(12,4)5)13(15(9)22)16(20)23/h12,14,16-20,22H,11,13H2,1-10H3;7,9,11-15,17,22H,6,8H2,1-5H3/t14-,16-,17-,18-,19-,20-,22+,26+,27+;9-,11-,12-,13-,14-,15-,17+,20+,21+/m11/s1. The van der Waals surface area contributed by atoms with Crippen molar-refractivity contribution in [2.24, 2.45) is 80.8 Å². The van der Waals surface area contributed by atoms with Crippen molar-refractivity contribution in [3.8, 4) is 0 Å². The second kappa shape index (κ2) is 12.1. The van der Waals surface area contributed by atoms with Gasteiger partial charge in [0.1, 0.15) is 0 Å². The lowest BCUT2D eigenvalue weighted by Gasteiger charge is -2.45. The van der Waals surface area contributed by atoms with Gasteiger partial charge in [-0.3, -0.25) is 9.59 Å². The lowest BCUT2D eigenvalue weighted by atomic mass is 9.60. The van der Waals surface area contributed by atoms with Crippen LogP contribution in [0.3, 0.4) is 0 Å². The van der Waals surface area contributed by atoms with Gasteiger partial charge in [0.15, 0.2) is 43.3 Å². The summed E-state index contributed by atoms with van der Waals surface area (Å²) in [6.45, 7) is 32.8. The van der Waals surface area contributed by atoms with E-state index in [9.17, 15) is 24.3 Å². The SMILES string of the molecule is CC1=C[C@]23C(=O)[C@@H]([C@H](O)[C@H](C)C[C@@]24OC(=O)O[C@@H]14)[C@H]1[C@@H](C[C@H]3C)C1(C)C.CC1=C[C@]23C(=O)[C@@H]([C@H](O[Si](C)(C)C(C)(C)C)[C@H](C)C[C@@]24OC(=O)O[C@@H]14)[C@H]1[C@@H](C[C@H]3C)C1(C)C. The molecule has 1 N–H and O–H groups in total. The highest BCUT2D eigenvalue weighted by molar-refractivity contribution is 6.74. The predicted octanol–water partition coefficient (Wildman–Crippen LogP) is 9.24. The van der Waals surface area contributed by atoms with Crippen LogP contribution < -0.4 is 0 Å². The number of hydrogen-bond acceptors (Lipinski definition) is 10. The summed E-state index contributed by atoms with van der Waals surface area (Å²) in [6.07, 6.45) is 3.94. The fraction of sp³-hybridized carbons (Fsp3) is 0.833. The lowest BCUT2D eigenvalue weighted by molar-refractivity contribution is -0.149. The molecule has 59 heavy (non-hydrogen) atoms. The second-order valence-electron chi connectivity index (χ2n) is 24.2. The molecule has 8 aliphatic carbocycles. The van der Waals surface area contributed by atoms with Crippen molar-refractivity contribution < 1.29 is 47.7 Å². The van der Waals surface area contributed by atoms with E-state index in [1.165, 1.54) is 0 Å². The summed E-state index contributed by atoms with van der Waals surface area (Å²) < 4.78 is 30.4. The first-order valence-corrected chi connectivity index (χ1v) is 25.6. The monoisotopic (exact) mass is 834 g/mol. The lowest BCUT2D eigenvalue weighted by Crippen LogP contribution is -2.58. The molecule has 2 saturated heterocycles. The fourth-order valence-corrected chi connectivity index (χ4v) is 16.9. The Kier molecular flexibility index (Phi) is 8.61. The van der Waals surface area contributed by atoms with Crippen molar-refractivity contribution in [1.29, 1.82) is 0 Å². The molecule has 0 aromatic heterocycles. The van der Waals surface area contributed by atoms with Crippen molar-refractivity contribution >= 4 is 32.2 Å². The Hall–Kier alpha value is -2.50. The largest absolute Gasteiger partial charge is 0.509 e. The van der Waals surface area contributed by atoms with Crippen LogP contribution in [0, 0.1) is 80.8 Å². The Morgan fingerprint density at radius 3 is 1.54 bits per heavy atom. The normalized spacial score (nSPS) is 51.6. The highest BCUT2D eigenvalue weighted by Gasteiger charge is 2.81. The summed E-state index contributed by atoms with van der Waals surface area (Å²) in [5, 5.41) is 11.2. The van der Waals surface area contributed by atoms with Crippen molar-refractivity contribution in [2.75, 3.05) is 0 Å². The van der Waals surface area contributed by atoms with Gasteiger partial charge in [-0.15, -0.1) is 0 Å². The molecule has 0 unspecified atom stereocenters. The van der Waals surface area contributed by atoms with Gasteiger partial charge in [-0.05, 0) is 127 Å². The zero-order chi connectivity index (χ0) is 43.3. The predicted molar refractivity (Wildman–Crippen MR) is 222 cm³/mol. The maximum absolute atomic E-state index is 14.9. The van der Waals surface area contributed by atoms with Crippen LogP contribution in [0.5, 0.6) is 0 Å². The number of aliphatic hydroxyl groups is 1. The quantitative estimate of drug-likeness (QED) is 0.163. The average Bonchev–Trinajstić information content (AvgIpc) is 3.54. The molecule has 0 aromatic rings. The Morgan fingerprint density at radius 2 is 1.10 bits per heavy atom. The summed E-state index contributed by atoms with van der Waals surface area (Å²) >= 11 is 0. The van der Waals surface area contributed by atoms with E-state index in [0.29, 0.717) is 30.6 Å². The van der Waals surface area contributed by atoms with Crippen LogP contribution in [0.1, 0.15) is 116 Å². The minimum absolute atomic E-state index is 0.0428. The van der Waals surface area contributed by atoms with Crippen molar-refractivity contribution in [2.45, 2.75) is 169 Å². The summed E-state index contributed by atoms with van der Waals surface area (Å²) in [5.74, 6) is 1.23. The van der Waals surface area contributed by atoms with Crippen LogP contribution in [0.15, 0.2) is 23.3 Å². The second-order valence-corrected chi connectivity index (χ2v) is 28.9. The first-order chi connectivity index (χ1) is 27.1. The fourth-order valence-electron chi connectivity index (χ4n) is 15.5. The van der Waals surface area contributed by atoms with E-state index in [4.69, 9.17) is 23.4 Å². The number of carbonyl (C=O) groups is 4. The molecule has 10 aliphatic rings. The topological polar surface area (TPSA) is 135 Å². The van der Waals surface area contributed by atoms with E-state index in [-0.39, 0.29) is 69.0 Å². The zero-order valence-corrected chi connectivity index (χ0v) is 39.2. The Labute approximate surface area is 352 Å². The van der Waals surface area contributed by atoms with Gasteiger partial charge in [0.05, 0.1) is 23.0 Å². The van der Waals surface area contributed by atoms with Crippen molar-refractivity contribution in [1.82, 2.24) is 0 Å².